The van der Waals surface area contributed by atoms with Crippen molar-refractivity contribution in [3.8, 4) is 11.5 Å². The SMILES string of the molecule is CC1COc2ccc(C(Br)CC3CCCO3)cc2OC1. The molecule has 0 radical (unpaired) electrons. The number of hydrogen-bond donors (Lipinski definition) is 0. The van der Waals surface area contributed by atoms with Crippen LogP contribution in [0.15, 0.2) is 18.2 Å². The van der Waals surface area contributed by atoms with Crippen LogP contribution in [0.3, 0.4) is 0 Å². The van der Waals surface area contributed by atoms with Gasteiger partial charge < -0.3 is 14.2 Å². The maximum absolute atomic E-state index is 5.84. The zero-order valence-corrected chi connectivity index (χ0v) is 13.4. The Morgan fingerprint density at radius 2 is 2.05 bits per heavy atom. The highest BCUT2D eigenvalue weighted by molar-refractivity contribution is 9.09. The van der Waals surface area contributed by atoms with E-state index >= 15 is 0 Å². The van der Waals surface area contributed by atoms with Crippen molar-refractivity contribution in [2.75, 3.05) is 19.8 Å². The molecule has 3 rings (SSSR count). The van der Waals surface area contributed by atoms with Crippen LogP contribution in [0.25, 0.3) is 0 Å². The highest BCUT2D eigenvalue weighted by Crippen LogP contribution is 2.38. The van der Waals surface area contributed by atoms with Crippen LogP contribution in [0.5, 0.6) is 11.5 Å². The molecule has 0 saturated carbocycles. The summed E-state index contributed by atoms with van der Waals surface area (Å²) >= 11 is 3.78. The third-order valence-corrected chi connectivity index (χ3v) is 4.77. The lowest BCUT2D eigenvalue weighted by molar-refractivity contribution is 0.104. The van der Waals surface area contributed by atoms with Gasteiger partial charge in [-0.15, -0.1) is 0 Å². The maximum Gasteiger partial charge on any atom is 0.161 e. The molecule has 0 aromatic heterocycles. The average Bonchev–Trinajstić information content (AvgIpc) is 2.88. The lowest BCUT2D eigenvalue weighted by Crippen LogP contribution is -2.12. The van der Waals surface area contributed by atoms with Crippen LogP contribution in [0.1, 0.15) is 36.6 Å². The molecule has 0 N–H and O–H groups in total. The van der Waals surface area contributed by atoms with Gasteiger partial charge in [0.2, 0.25) is 0 Å². The van der Waals surface area contributed by atoms with Crippen molar-refractivity contribution in [2.45, 2.75) is 37.1 Å². The van der Waals surface area contributed by atoms with Crippen molar-refractivity contribution < 1.29 is 14.2 Å². The second kappa shape index (κ2) is 6.35. The molecule has 0 aliphatic carbocycles. The molecule has 3 unspecified atom stereocenters. The van der Waals surface area contributed by atoms with Gasteiger partial charge >= 0.3 is 0 Å². The zero-order valence-electron chi connectivity index (χ0n) is 11.8. The van der Waals surface area contributed by atoms with E-state index in [1.165, 1.54) is 18.4 Å². The molecule has 0 bridgehead atoms. The Morgan fingerprint density at radius 1 is 1.25 bits per heavy atom. The number of halogens is 1. The van der Waals surface area contributed by atoms with E-state index in [1.54, 1.807) is 0 Å². The van der Waals surface area contributed by atoms with E-state index in [0.717, 1.165) is 37.7 Å². The van der Waals surface area contributed by atoms with Gasteiger partial charge in [-0.05, 0) is 37.0 Å². The predicted octanol–water partition coefficient (Wildman–Crippen LogP) is 4.10. The summed E-state index contributed by atoms with van der Waals surface area (Å²) < 4.78 is 17.3. The van der Waals surface area contributed by atoms with E-state index < -0.39 is 0 Å². The Kier molecular flexibility index (Phi) is 4.51. The van der Waals surface area contributed by atoms with E-state index in [4.69, 9.17) is 14.2 Å². The number of fused-ring (bicyclic) bond motifs is 1. The van der Waals surface area contributed by atoms with Crippen molar-refractivity contribution in [1.29, 1.82) is 0 Å². The lowest BCUT2D eigenvalue weighted by atomic mass is 10.0. The minimum absolute atomic E-state index is 0.306. The highest BCUT2D eigenvalue weighted by atomic mass is 79.9. The topological polar surface area (TPSA) is 27.7 Å². The van der Waals surface area contributed by atoms with Crippen LogP contribution >= 0.6 is 15.9 Å². The fraction of sp³-hybridized carbons (Fsp3) is 0.625. The Hall–Kier alpha value is -0.740. The molecule has 0 amide bonds. The first-order valence-electron chi connectivity index (χ1n) is 7.37. The van der Waals surface area contributed by atoms with E-state index in [-0.39, 0.29) is 0 Å². The first kappa shape index (κ1) is 14.2. The predicted molar refractivity (Wildman–Crippen MR) is 81.9 cm³/mol. The normalized spacial score (nSPS) is 27.1. The van der Waals surface area contributed by atoms with E-state index in [1.807, 2.05) is 6.07 Å². The molecule has 1 fully saturated rings. The van der Waals surface area contributed by atoms with Crippen LogP contribution in [-0.4, -0.2) is 25.9 Å². The van der Waals surface area contributed by atoms with E-state index in [9.17, 15) is 0 Å². The van der Waals surface area contributed by atoms with Gasteiger partial charge in [-0.3, -0.25) is 0 Å². The van der Waals surface area contributed by atoms with Crippen LogP contribution < -0.4 is 9.47 Å². The number of rotatable bonds is 3. The summed E-state index contributed by atoms with van der Waals surface area (Å²) in [5, 5.41) is 0. The second-order valence-electron chi connectivity index (χ2n) is 5.77. The summed E-state index contributed by atoms with van der Waals surface area (Å²) in [6, 6.07) is 6.24. The Balaban J connectivity index is 1.71. The molecule has 20 heavy (non-hydrogen) atoms. The van der Waals surface area contributed by atoms with Gasteiger partial charge in [-0.1, -0.05) is 28.9 Å². The van der Waals surface area contributed by atoms with Crippen LogP contribution in [-0.2, 0) is 4.74 Å². The molecular weight excluding hydrogens is 320 g/mol. The first-order chi connectivity index (χ1) is 9.72. The minimum atomic E-state index is 0.306. The number of ether oxygens (including phenoxy) is 3. The third-order valence-electron chi connectivity index (χ3n) is 3.87. The fourth-order valence-electron chi connectivity index (χ4n) is 2.66. The molecule has 110 valence electrons. The molecule has 4 heteroatoms. The third kappa shape index (κ3) is 3.29. The van der Waals surface area contributed by atoms with Gasteiger partial charge in [0.25, 0.3) is 0 Å². The van der Waals surface area contributed by atoms with Crippen LogP contribution in [0.4, 0.5) is 0 Å². The average molecular weight is 341 g/mol. The Morgan fingerprint density at radius 3 is 2.80 bits per heavy atom. The standard InChI is InChI=1S/C16H21BrO3/c1-11-9-19-15-5-4-12(7-16(15)20-10-11)14(17)8-13-3-2-6-18-13/h4-5,7,11,13-14H,2-3,6,8-10H2,1H3. The first-order valence-corrected chi connectivity index (χ1v) is 8.29. The number of hydrogen-bond acceptors (Lipinski definition) is 3. The van der Waals surface area contributed by atoms with E-state index in [2.05, 4.69) is 35.0 Å². The van der Waals surface area contributed by atoms with Gasteiger partial charge in [-0.25, -0.2) is 0 Å². The molecule has 1 aromatic carbocycles. The number of benzene rings is 1. The van der Waals surface area contributed by atoms with Gasteiger partial charge in [0.05, 0.1) is 19.3 Å². The second-order valence-corrected chi connectivity index (χ2v) is 6.88. The Bertz CT molecular complexity index is 457. The monoisotopic (exact) mass is 340 g/mol. The maximum atomic E-state index is 5.84. The molecule has 1 aromatic rings. The van der Waals surface area contributed by atoms with Crippen LogP contribution in [0, 0.1) is 5.92 Å². The van der Waals surface area contributed by atoms with Gasteiger partial charge in [0.1, 0.15) is 0 Å². The largest absolute Gasteiger partial charge is 0.489 e. The van der Waals surface area contributed by atoms with Gasteiger partial charge in [0, 0.05) is 17.4 Å². The van der Waals surface area contributed by atoms with Crippen molar-refractivity contribution >= 4 is 15.9 Å². The summed E-state index contributed by atoms with van der Waals surface area (Å²) in [6.45, 7) is 4.48. The fourth-order valence-corrected chi connectivity index (χ4v) is 3.36. The number of alkyl halides is 1. The minimum Gasteiger partial charge on any atom is -0.489 e. The molecule has 3 nitrogen and oxygen atoms in total. The zero-order chi connectivity index (χ0) is 13.9. The van der Waals surface area contributed by atoms with Crippen molar-refractivity contribution in [3.05, 3.63) is 23.8 Å². The molecule has 2 aliphatic heterocycles. The van der Waals surface area contributed by atoms with Crippen LogP contribution in [0.2, 0.25) is 0 Å². The quantitative estimate of drug-likeness (QED) is 0.775. The molecule has 0 spiro atoms. The van der Waals surface area contributed by atoms with E-state index in [0.29, 0.717) is 16.8 Å². The summed E-state index contributed by atoms with van der Waals surface area (Å²) in [7, 11) is 0. The summed E-state index contributed by atoms with van der Waals surface area (Å²) in [6.07, 6.45) is 3.75. The van der Waals surface area contributed by atoms with Crippen molar-refractivity contribution in [1.82, 2.24) is 0 Å². The molecule has 1 saturated heterocycles. The summed E-state index contributed by atoms with van der Waals surface area (Å²) in [5.74, 6) is 2.15. The highest BCUT2D eigenvalue weighted by Gasteiger charge is 2.22. The smallest absolute Gasteiger partial charge is 0.161 e. The molecular formula is C16H21BrO3. The summed E-state index contributed by atoms with van der Waals surface area (Å²) in [4.78, 5) is 0.306. The molecule has 2 aliphatic rings. The van der Waals surface area contributed by atoms with Gasteiger partial charge in [-0.2, -0.15) is 0 Å². The molecule has 3 atom stereocenters. The lowest BCUT2D eigenvalue weighted by Gasteiger charge is -2.16. The summed E-state index contributed by atoms with van der Waals surface area (Å²) in [5.41, 5.74) is 1.23. The van der Waals surface area contributed by atoms with Crippen molar-refractivity contribution in [3.63, 3.8) is 0 Å². The molecule has 2 heterocycles. The Labute approximate surface area is 128 Å². The van der Waals surface area contributed by atoms with Crippen molar-refractivity contribution in [2.24, 2.45) is 5.92 Å². The van der Waals surface area contributed by atoms with Gasteiger partial charge in [0.15, 0.2) is 11.5 Å².